The Hall–Kier alpha value is -2.62. The van der Waals surface area contributed by atoms with Gasteiger partial charge in [-0.05, 0) is 56.4 Å². The number of benzene rings is 2. The Kier molecular flexibility index (Phi) is 4.97. The summed E-state index contributed by atoms with van der Waals surface area (Å²) in [6.45, 7) is 6.46. The van der Waals surface area contributed by atoms with E-state index in [0.29, 0.717) is 6.54 Å². The normalized spacial score (nSPS) is 13.9. The topological polar surface area (TPSA) is 38.1 Å². The van der Waals surface area contributed by atoms with Crippen molar-refractivity contribution in [1.29, 1.82) is 0 Å². The van der Waals surface area contributed by atoms with E-state index in [-0.39, 0.29) is 5.91 Å². The maximum atomic E-state index is 13.1. The summed E-state index contributed by atoms with van der Waals surface area (Å²) >= 11 is 0. The fourth-order valence-corrected chi connectivity index (χ4v) is 3.58. The number of hydrogen-bond donors (Lipinski definition) is 0. The van der Waals surface area contributed by atoms with Crippen LogP contribution in [0.15, 0.2) is 48.5 Å². The molecular weight excluding hydrogens is 334 g/mol. The lowest BCUT2D eigenvalue weighted by Crippen LogP contribution is -2.32. The first-order valence-electron chi connectivity index (χ1n) is 9.95. The molecule has 4 heteroatoms. The van der Waals surface area contributed by atoms with E-state index in [1.165, 1.54) is 23.9 Å². The minimum absolute atomic E-state index is 0.0851. The fraction of sp³-hybridized carbons (Fsp3) is 0.391. The Bertz CT molecular complexity index is 938. The predicted molar refractivity (Wildman–Crippen MR) is 109 cm³/mol. The van der Waals surface area contributed by atoms with E-state index in [1.807, 2.05) is 42.2 Å². The zero-order chi connectivity index (χ0) is 18.8. The second-order valence-corrected chi connectivity index (χ2v) is 7.66. The summed E-state index contributed by atoms with van der Waals surface area (Å²) in [4.78, 5) is 19.9. The lowest BCUT2D eigenvalue weighted by atomic mass is 10.1. The number of aromatic nitrogens is 2. The highest BCUT2D eigenvalue weighted by atomic mass is 16.2. The van der Waals surface area contributed by atoms with Crippen molar-refractivity contribution in [3.63, 3.8) is 0 Å². The molecule has 1 saturated carbocycles. The van der Waals surface area contributed by atoms with Gasteiger partial charge < -0.3 is 9.47 Å². The Labute approximate surface area is 160 Å². The van der Waals surface area contributed by atoms with Gasteiger partial charge in [-0.1, -0.05) is 36.8 Å². The molecule has 1 aliphatic carbocycles. The molecule has 4 nitrogen and oxygen atoms in total. The van der Waals surface area contributed by atoms with Gasteiger partial charge in [0.25, 0.3) is 5.91 Å². The summed E-state index contributed by atoms with van der Waals surface area (Å²) in [6, 6.07) is 16.1. The second-order valence-electron chi connectivity index (χ2n) is 7.66. The number of hydrogen-bond acceptors (Lipinski definition) is 2. The quantitative estimate of drug-likeness (QED) is 0.606. The molecule has 1 aliphatic rings. The van der Waals surface area contributed by atoms with E-state index in [1.54, 1.807) is 0 Å². The summed E-state index contributed by atoms with van der Waals surface area (Å²) in [5, 5.41) is 0. The maximum Gasteiger partial charge on any atom is 0.254 e. The number of rotatable bonds is 7. The molecule has 0 unspecified atom stereocenters. The van der Waals surface area contributed by atoms with E-state index in [2.05, 4.69) is 29.7 Å². The number of para-hydroxylation sites is 2. The average molecular weight is 361 g/mol. The predicted octanol–water partition coefficient (Wildman–Crippen LogP) is 4.81. The molecule has 4 rings (SSSR count). The monoisotopic (exact) mass is 361 g/mol. The van der Waals surface area contributed by atoms with Crippen LogP contribution < -0.4 is 0 Å². The molecule has 0 atom stereocenters. The van der Waals surface area contributed by atoms with Crippen molar-refractivity contribution in [2.45, 2.75) is 46.2 Å². The molecule has 0 aliphatic heterocycles. The average Bonchev–Trinajstić information content (AvgIpc) is 3.43. The lowest BCUT2D eigenvalue weighted by Gasteiger charge is -2.22. The molecule has 140 valence electrons. The molecular formula is C23H27N3O. The molecule has 0 bridgehead atoms. The molecule has 1 heterocycles. The van der Waals surface area contributed by atoms with E-state index >= 15 is 0 Å². The zero-order valence-electron chi connectivity index (χ0n) is 16.2. The summed E-state index contributed by atoms with van der Waals surface area (Å²) in [5.41, 5.74) is 4.12. The van der Waals surface area contributed by atoms with E-state index < -0.39 is 0 Å². The number of aryl methyl sites for hydroxylation is 1. The van der Waals surface area contributed by atoms with Crippen LogP contribution in [0, 0.1) is 12.8 Å². The van der Waals surface area contributed by atoms with Gasteiger partial charge in [-0.3, -0.25) is 4.79 Å². The number of imidazole rings is 1. The first kappa shape index (κ1) is 17.8. The van der Waals surface area contributed by atoms with Crippen LogP contribution in [0.25, 0.3) is 11.0 Å². The molecule has 27 heavy (non-hydrogen) atoms. The smallest absolute Gasteiger partial charge is 0.254 e. The summed E-state index contributed by atoms with van der Waals surface area (Å²) in [5.74, 6) is 1.84. The first-order chi connectivity index (χ1) is 13.2. The molecule has 0 N–H and O–H groups in total. The van der Waals surface area contributed by atoms with E-state index in [9.17, 15) is 4.79 Å². The third-order valence-electron chi connectivity index (χ3n) is 5.28. The SMILES string of the molecule is CCCN(Cc1nc2ccccc2n1CC1CC1)C(=O)c1ccc(C)cc1. The highest BCUT2D eigenvalue weighted by Crippen LogP contribution is 2.32. The highest BCUT2D eigenvalue weighted by molar-refractivity contribution is 5.94. The van der Waals surface area contributed by atoms with Crippen molar-refractivity contribution in [2.24, 2.45) is 5.92 Å². The van der Waals surface area contributed by atoms with Crippen LogP contribution in [-0.2, 0) is 13.1 Å². The molecule has 1 amide bonds. The van der Waals surface area contributed by atoms with Gasteiger partial charge in [0, 0.05) is 18.7 Å². The van der Waals surface area contributed by atoms with Crippen molar-refractivity contribution in [3.05, 3.63) is 65.5 Å². The highest BCUT2D eigenvalue weighted by Gasteiger charge is 2.25. The van der Waals surface area contributed by atoms with Crippen LogP contribution in [0.3, 0.4) is 0 Å². The maximum absolute atomic E-state index is 13.1. The van der Waals surface area contributed by atoms with Crippen molar-refractivity contribution in [2.75, 3.05) is 6.54 Å². The minimum Gasteiger partial charge on any atom is -0.331 e. The zero-order valence-corrected chi connectivity index (χ0v) is 16.2. The summed E-state index contributed by atoms with van der Waals surface area (Å²) in [6.07, 6.45) is 3.53. The van der Waals surface area contributed by atoms with Crippen LogP contribution in [0.4, 0.5) is 0 Å². The molecule has 0 radical (unpaired) electrons. The van der Waals surface area contributed by atoms with Crippen LogP contribution >= 0.6 is 0 Å². The first-order valence-corrected chi connectivity index (χ1v) is 9.95. The Morgan fingerprint density at radius 3 is 2.59 bits per heavy atom. The number of amides is 1. The van der Waals surface area contributed by atoms with Crippen molar-refractivity contribution < 1.29 is 4.79 Å². The molecule has 3 aromatic rings. The number of carbonyl (C=O) groups is 1. The molecule has 1 fully saturated rings. The Morgan fingerprint density at radius 1 is 1.15 bits per heavy atom. The second kappa shape index (κ2) is 7.55. The lowest BCUT2D eigenvalue weighted by molar-refractivity contribution is 0.0737. The van der Waals surface area contributed by atoms with Crippen LogP contribution in [-0.4, -0.2) is 26.9 Å². The third kappa shape index (κ3) is 3.90. The standard InChI is InChI=1S/C23H27N3O/c1-3-14-25(23(27)19-12-8-17(2)9-13-19)16-22-24-20-6-4-5-7-21(20)26(22)15-18-10-11-18/h4-9,12-13,18H,3,10-11,14-16H2,1-2H3. The molecule has 1 aromatic heterocycles. The van der Waals surface area contributed by atoms with Gasteiger partial charge in [0.1, 0.15) is 5.82 Å². The van der Waals surface area contributed by atoms with Gasteiger partial charge >= 0.3 is 0 Å². The van der Waals surface area contributed by atoms with Gasteiger partial charge in [0.15, 0.2) is 0 Å². The van der Waals surface area contributed by atoms with Crippen LogP contribution in [0.5, 0.6) is 0 Å². The Morgan fingerprint density at radius 2 is 1.89 bits per heavy atom. The van der Waals surface area contributed by atoms with Gasteiger partial charge in [-0.25, -0.2) is 4.98 Å². The Balaban J connectivity index is 1.64. The fourth-order valence-electron chi connectivity index (χ4n) is 3.58. The number of nitrogens with zero attached hydrogens (tertiary/aromatic N) is 3. The van der Waals surface area contributed by atoms with E-state index in [4.69, 9.17) is 4.98 Å². The minimum atomic E-state index is 0.0851. The summed E-state index contributed by atoms with van der Waals surface area (Å²) < 4.78 is 2.33. The van der Waals surface area contributed by atoms with Gasteiger partial charge in [-0.15, -0.1) is 0 Å². The number of carbonyl (C=O) groups excluding carboxylic acids is 1. The van der Waals surface area contributed by atoms with Crippen molar-refractivity contribution in [3.8, 4) is 0 Å². The van der Waals surface area contributed by atoms with Crippen molar-refractivity contribution >= 4 is 16.9 Å². The van der Waals surface area contributed by atoms with Gasteiger partial charge in [0.2, 0.25) is 0 Å². The van der Waals surface area contributed by atoms with Crippen molar-refractivity contribution in [1.82, 2.24) is 14.5 Å². The van der Waals surface area contributed by atoms with Gasteiger partial charge in [-0.2, -0.15) is 0 Å². The third-order valence-corrected chi connectivity index (χ3v) is 5.28. The van der Waals surface area contributed by atoms with Gasteiger partial charge in [0.05, 0.1) is 17.6 Å². The van der Waals surface area contributed by atoms with Crippen LogP contribution in [0.2, 0.25) is 0 Å². The number of fused-ring (bicyclic) bond motifs is 1. The molecule has 0 saturated heterocycles. The molecule has 0 spiro atoms. The molecule has 2 aromatic carbocycles. The summed E-state index contributed by atoms with van der Waals surface area (Å²) in [7, 11) is 0. The largest absolute Gasteiger partial charge is 0.331 e. The van der Waals surface area contributed by atoms with Crippen LogP contribution in [0.1, 0.15) is 47.9 Å². The van der Waals surface area contributed by atoms with E-state index in [0.717, 1.165) is 42.3 Å².